The molecule has 0 saturated heterocycles. The van der Waals surface area contributed by atoms with Crippen LogP contribution in [0, 0.1) is 34.5 Å². The highest BCUT2D eigenvalue weighted by Crippen LogP contribution is 2.66. The van der Waals surface area contributed by atoms with Gasteiger partial charge in [-0.2, -0.15) is 0 Å². The Balaban J connectivity index is 1.35. The largest absolute Gasteiger partial charge is 0.403 e. The highest BCUT2D eigenvalue weighted by molar-refractivity contribution is 5.80. The van der Waals surface area contributed by atoms with Crippen molar-refractivity contribution in [1.29, 1.82) is 0 Å². The molecule has 0 N–H and O–H groups in total. The summed E-state index contributed by atoms with van der Waals surface area (Å²) in [5.41, 5.74) is 3.16. The number of Topliss-reactive ketones (excluding diaryl/α,β-unsaturated/α-hetero) is 1. The van der Waals surface area contributed by atoms with Crippen LogP contribution in [0.4, 0.5) is 0 Å². The summed E-state index contributed by atoms with van der Waals surface area (Å²) in [6.45, 7) is 6.66. The molecule has 2 saturated carbocycles. The maximum Gasteiger partial charge on any atom is 0.347 e. The van der Waals surface area contributed by atoms with Crippen LogP contribution in [-0.2, 0) is 4.79 Å². The van der Waals surface area contributed by atoms with E-state index in [1.807, 2.05) is 18.2 Å². The number of hydrogen-bond acceptors (Lipinski definition) is 4. The van der Waals surface area contributed by atoms with Gasteiger partial charge < -0.3 is 4.42 Å². The Hall–Kier alpha value is -2.49. The van der Waals surface area contributed by atoms with E-state index in [1.165, 1.54) is 24.8 Å². The molecule has 1 aromatic carbocycles. The smallest absolute Gasteiger partial charge is 0.347 e. The number of carbonyl (C=O) groups is 1. The first-order valence-electron chi connectivity index (χ1n) is 12.6. The lowest BCUT2D eigenvalue weighted by Crippen LogP contribution is -2.49. The van der Waals surface area contributed by atoms with Crippen molar-refractivity contribution in [3.63, 3.8) is 0 Å². The van der Waals surface area contributed by atoms with E-state index in [0.29, 0.717) is 40.3 Å². The average molecular weight is 444 g/mol. The zero-order valence-corrected chi connectivity index (χ0v) is 19.9. The predicted molar refractivity (Wildman–Crippen MR) is 130 cm³/mol. The number of ketones is 1. The molecule has 2 aromatic rings. The van der Waals surface area contributed by atoms with Gasteiger partial charge in [0.05, 0.1) is 10.9 Å². The Morgan fingerprint density at radius 3 is 2.73 bits per heavy atom. The minimum absolute atomic E-state index is 0.152. The van der Waals surface area contributed by atoms with Gasteiger partial charge >= 0.3 is 5.63 Å². The maximum absolute atomic E-state index is 12.5. The fraction of sp³-hybridized carbons (Fsp3) is 0.552. The number of rotatable bonds is 2. The first-order chi connectivity index (χ1) is 15.8. The Morgan fingerprint density at radius 1 is 1.09 bits per heavy atom. The van der Waals surface area contributed by atoms with Gasteiger partial charge in [0.15, 0.2) is 0 Å². The summed E-state index contributed by atoms with van der Waals surface area (Å²) >= 11 is 0. The second-order valence-electron chi connectivity index (χ2n) is 11.5. The molecule has 6 rings (SSSR count). The second kappa shape index (κ2) is 7.25. The van der Waals surface area contributed by atoms with Crippen molar-refractivity contribution in [3.05, 3.63) is 58.3 Å². The first kappa shape index (κ1) is 21.1. The summed E-state index contributed by atoms with van der Waals surface area (Å²) in [5, 5.41) is 0.535. The van der Waals surface area contributed by atoms with Gasteiger partial charge in [-0.05, 0) is 98.2 Å². The second-order valence-corrected chi connectivity index (χ2v) is 11.5. The van der Waals surface area contributed by atoms with E-state index in [4.69, 9.17) is 4.42 Å². The van der Waals surface area contributed by atoms with Gasteiger partial charge in [-0.25, -0.2) is 9.78 Å². The highest BCUT2D eigenvalue weighted by atomic mass is 16.4. The van der Waals surface area contributed by atoms with Crippen molar-refractivity contribution in [1.82, 2.24) is 4.98 Å². The number of aromatic nitrogens is 1. The molecule has 4 aliphatic carbocycles. The molecule has 0 aliphatic heterocycles. The first-order valence-corrected chi connectivity index (χ1v) is 12.6. The maximum atomic E-state index is 12.5. The molecule has 6 atom stereocenters. The van der Waals surface area contributed by atoms with Crippen molar-refractivity contribution in [3.8, 4) is 0 Å². The third-order valence-corrected chi connectivity index (χ3v) is 10.1. The van der Waals surface area contributed by atoms with E-state index >= 15 is 0 Å². The number of nitrogens with zero attached hydrogens (tertiary/aromatic N) is 1. The molecule has 2 fully saturated rings. The van der Waals surface area contributed by atoms with Crippen LogP contribution in [0.2, 0.25) is 0 Å². The molecular weight excluding hydrogens is 410 g/mol. The molecule has 4 nitrogen and oxygen atoms in total. The molecular formula is C29H33NO3. The Bertz CT molecular complexity index is 1270. The van der Waals surface area contributed by atoms with E-state index in [1.54, 1.807) is 13.0 Å². The van der Waals surface area contributed by atoms with Crippen LogP contribution in [-0.4, -0.2) is 10.8 Å². The summed E-state index contributed by atoms with van der Waals surface area (Å²) in [5.74, 6) is 3.11. The molecule has 4 aliphatic rings. The Morgan fingerprint density at radius 2 is 1.91 bits per heavy atom. The average Bonchev–Trinajstić information content (AvgIpc) is 3.16. The lowest BCUT2D eigenvalue weighted by molar-refractivity contribution is -0.127. The van der Waals surface area contributed by atoms with Crippen molar-refractivity contribution < 1.29 is 9.21 Å². The van der Waals surface area contributed by atoms with Crippen LogP contribution in [0.5, 0.6) is 0 Å². The fourth-order valence-electron chi connectivity index (χ4n) is 8.32. The third kappa shape index (κ3) is 2.98. The Kier molecular flexibility index (Phi) is 4.63. The van der Waals surface area contributed by atoms with Gasteiger partial charge in [0, 0.05) is 11.5 Å². The SMILES string of the molecule is CC(=O)[C@H]1CC[C@H]2[C@@H]3CC=C4C=C(c5nc6ccccc6c(=O)o5)CC[C@]4(C)[C@H]3CC[C@]12C. The number of fused-ring (bicyclic) bond motifs is 6. The van der Waals surface area contributed by atoms with Crippen LogP contribution >= 0.6 is 0 Å². The molecule has 172 valence electrons. The van der Waals surface area contributed by atoms with E-state index in [0.717, 1.165) is 31.3 Å². The summed E-state index contributed by atoms with van der Waals surface area (Å²) in [4.78, 5) is 29.6. The number of carbonyl (C=O) groups excluding carboxylic acids is 1. The monoisotopic (exact) mass is 443 g/mol. The van der Waals surface area contributed by atoms with Gasteiger partial charge in [0.2, 0.25) is 5.89 Å². The number of benzene rings is 1. The van der Waals surface area contributed by atoms with Crippen molar-refractivity contribution in [2.24, 2.45) is 34.5 Å². The van der Waals surface area contributed by atoms with Crippen molar-refractivity contribution >= 4 is 22.3 Å². The standard InChI is InChI=1S/C29H33NO3/c1-17(31)22-10-11-23-20-9-8-19-16-18(12-14-28(19,2)24(20)13-15-29(22,23)3)26-30-25-7-5-4-6-21(25)27(32)33-26/h4-8,16,20,22-24H,9-15H2,1-3H3/t20-,22+,23-,24-,28-,29+/m0/s1. The molecule has 0 amide bonds. The lowest BCUT2D eigenvalue weighted by atomic mass is 9.47. The quantitative estimate of drug-likeness (QED) is 0.543. The molecule has 0 bridgehead atoms. The van der Waals surface area contributed by atoms with Crippen LogP contribution < -0.4 is 5.63 Å². The topological polar surface area (TPSA) is 60.2 Å². The number of allylic oxidation sites excluding steroid dienone is 4. The summed E-state index contributed by atoms with van der Waals surface area (Å²) in [6, 6.07) is 7.39. The van der Waals surface area contributed by atoms with Crippen LogP contribution in [0.1, 0.15) is 71.6 Å². The van der Waals surface area contributed by atoms with Crippen LogP contribution in [0.3, 0.4) is 0 Å². The van der Waals surface area contributed by atoms with Gasteiger partial charge in [-0.15, -0.1) is 0 Å². The molecule has 1 aromatic heterocycles. The summed E-state index contributed by atoms with van der Waals surface area (Å²) in [6.07, 6.45) is 12.4. The normalized spacial score (nSPS) is 37.5. The molecule has 1 heterocycles. The lowest BCUT2D eigenvalue weighted by Gasteiger charge is -2.57. The third-order valence-electron chi connectivity index (χ3n) is 10.1. The highest BCUT2D eigenvalue weighted by Gasteiger charge is 2.59. The molecule has 33 heavy (non-hydrogen) atoms. The summed E-state index contributed by atoms with van der Waals surface area (Å²) < 4.78 is 5.66. The Labute approximate surface area is 195 Å². The van der Waals surface area contributed by atoms with Crippen LogP contribution in [0.25, 0.3) is 16.5 Å². The van der Waals surface area contributed by atoms with Crippen molar-refractivity contribution in [2.45, 2.75) is 65.7 Å². The van der Waals surface area contributed by atoms with Gasteiger partial charge in [-0.1, -0.05) is 38.1 Å². The predicted octanol–water partition coefficient (Wildman–Crippen LogP) is 6.35. The zero-order chi connectivity index (χ0) is 23.0. The van der Waals surface area contributed by atoms with Crippen LogP contribution in [0.15, 0.2) is 51.2 Å². The van der Waals surface area contributed by atoms with E-state index in [-0.39, 0.29) is 22.4 Å². The number of hydrogen-bond donors (Lipinski definition) is 0. The summed E-state index contributed by atoms with van der Waals surface area (Å²) in [7, 11) is 0. The van der Waals surface area contributed by atoms with Gasteiger partial charge in [0.25, 0.3) is 0 Å². The van der Waals surface area contributed by atoms with Gasteiger partial charge in [0.1, 0.15) is 5.78 Å². The molecule has 0 spiro atoms. The minimum atomic E-state index is -0.310. The van der Waals surface area contributed by atoms with E-state index < -0.39 is 0 Å². The van der Waals surface area contributed by atoms with Gasteiger partial charge in [-0.3, -0.25) is 4.79 Å². The number of para-hydroxylation sites is 1. The fourth-order valence-corrected chi connectivity index (χ4v) is 8.32. The molecule has 0 unspecified atom stereocenters. The molecule has 0 radical (unpaired) electrons. The van der Waals surface area contributed by atoms with E-state index in [9.17, 15) is 9.59 Å². The minimum Gasteiger partial charge on any atom is -0.403 e. The molecule has 4 heteroatoms. The van der Waals surface area contributed by atoms with Crippen molar-refractivity contribution in [2.75, 3.05) is 0 Å². The zero-order valence-electron chi connectivity index (χ0n) is 19.9. The van der Waals surface area contributed by atoms with E-state index in [2.05, 4.69) is 31.0 Å².